The molecule has 2 heterocycles. The van der Waals surface area contributed by atoms with Crippen molar-refractivity contribution in [3.05, 3.63) is 40.0 Å². The molecule has 2 aromatic heterocycles. The first-order chi connectivity index (χ1) is 13.2. The van der Waals surface area contributed by atoms with E-state index in [1.165, 1.54) is 19.3 Å². The standard InChI is InChI=1S/C20H29N5OS/c1-15-25-17(14-27-15)10-11-22-20(21-2)24-13-16-8-9-19(23-12-16)26-18-6-4-3-5-7-18/h8-9,12,14,18H,3-7,10-11,13H2,1-2H3,(H2,21,22,24). The molecule has 146 valence electrons. The molecule has 0 spiro atoms. The molecule has 0 aromatic carbocycles. The molecule has 27 heavy (non-hydrogen) atoms. The van der Waals surface area contributed by atoms with Gasteiger partial charge >= 0.3 is 0 Å². The highest BCUT2D eigenvalue weighted by Crippen LogP contribution is 2.22. The van der Waals surface area contributed by atoms with Gasteiger partial charge in [0.15, 0.2) is 5.96 Å². The number of aliphatic imine (C=N–C) groups is 1. The van der Waals surface area contributed by atoms with E-state index >= 15 is 0 Å². The minimum Gasteiger partial charge on any atom is -0.474 e. The highest BCUT2D eigenvalue weighted by Gasteiger charge is 2.15. The van der Waals surface area contributed by atoms with Gasteiger partial charge in [-0.3, -0.25) is 4.99 Å². The Balaban J connectivity index is 1.39. The molecule has 1 aliphatic rings. The number of aryl methyl sites for hydroxylation is 1. The number of nitrogens with zero attached hydrogens (tertiary/aromatic N) is 3. The molecule has 0 bridgehead atoms. The lowest BCUT2D eigenvalue weighted by Crippen LogP contribution is -2.37. The molecule has 6 nitrogen and oxygen atoms in total. The zero-order chi connectivity index (χ0) is 18.9. The highest BCUT2D eigenvalue weighted by atomic mass is 32.1. The number of hydrogen-bond donors (Lipinski definition) is 2. The summed E-state index contributed by atoms with van der Waals surface area (Å²) < 4.78 is 5.98. The molecule has 0 amide bonds. The first-order valence-corrected chi connectivity index (χ1v) is 10.6. The van der Waals surface area contributed by atoms with Gasteiger partial charge in [0.25, 0.3) is 0 Å². The van der Waals surface area contributed by atoms with Crippen molar-refractivity contribution in [3.63, 3.8) is 0 Å². The van der Waals surface area contributed by atoms with Crippen molar-refractivity contribution in [3.8, 4) is 5.88 Å². The van der Waals surface area contributed by atoms with Crippen molar-refractivity contribution in [2.24, 2.45) is 4.99 Å². The van der Waals surface area contributed by atoms with Crippen LogP contribution >= 0.6 is 11.3 Å². The Morgan fingerprint density at radius 1 is 1.26 bits per heavy atom. The molecule has 0 radical (unpaired) electrons. The molecule has 2 N–H and O–H groups in total. The van der Waals surface area contributed by atoms with Crippen LogP contribution in [0.25, 0.3) is 0 Å². The second-order valence-corrected chi connectivity index (χ2v) is 7.91. The molecule has 2 aromatic rings. The van der Waals surface area contributed by atoms with Gasteiger partial charge in [0.05, 0.1) is 10.7 Å². The van der Waals surface area contributed by atoms with Crippen LogP contribution in [-0.4, -0.2) is 35.6 Å². The average Bonchev–Trinajstić information content (AvgIpc) is 3.11. The minimum atomic E-state index is 0.333. The topological polar surface area (TPSA) is 71.4 Å². The largest absolute Gasteiger partial charge is 0.474 e. The van der Waals surface area contributed by atoms with Gasteiger partial charge in [0.1, 0.15) is 6.10 Å². The smallest absolute Gasteiger partial charge is 0.213 e. The Bertz CT molecular complexity index is 722. The van der Waals surface area contributed by atoms with Gasteiger partial charge in [-0.1, -0.05) is 12.5 Å². The third-order valence-electron chi connectivity index (χ3n) is 4.66. The summed E-state index contributed by atoms with van der Waals surface area (Å²) >= 11 is 1.69. The van der Waals surface area contributed by atoms with Gasteiger partial charge in [0, 0.05) is 44.2 Å². The lowest BCUT2D eigenvalue weighted by atomic mass is 9.98. The van der Waals surface area contributed by atoms with Gasteiger partial charge in [-0.2, -0.15) is 0 Å². The van der Waals surface area contributed by atoms with Crippen LogP contribution in [-0.2, 0) is 13.0 Å². The second-order valence-electron chi connectivity index (χ2n) is 6.84. The fourth-order valence-corrected chi connectivity index (χ4v) is 3.82. The molecule has 0 unspecified atom stereocenters. The lowest BCUT2D eigenvalue weighted by Gasteiger charge is -2.22. The Morgan fingerprint density at radius 3 is 2.78 bits per heavy atom. The van der Waals surface area contributed by atoms with Gasteiger partial charge in [-0.05, 0) is 38.2 Å². The molecular formula is C20H29N5OS. The normalized spacial score (nSPS) is 15.6. The SMILES string of the molecule is CN=C(NCCc1csc(C)n1)NCc1ccc(OC2CCCCC2)nc1. The van der Waals surface area contributed by atoms with Crippen LogP contribution in [0.2, 0.25) is 0 Å². The Hall–Kier alpha value is -2.15. The third-order valence-corrected chi connectivity index (χ3v) is 5.48. The fourth-order valence-electron chi connectivity index (χ4n) is 3.18. The molecule has 0 saturated heterocycles. The van der Waals surface area contributed by atoms with Crippen LogP contribution in [0.5, 0.6) is 5.88 Å². The maximum Gasteiger partial charge on any atom is 0.213 e. The Kier molecular flexibility index (Phi) is 7.45. The zero-order valence-electron chi connectivity index (χ0n) is 16.2. The van der Waals surface area contributed by atoms with Gasteiger partial charge in [-0.15, -0.1) is 11.3 Å². The van der Waals surface area contributed by atoms with E-state index in [1.54, 1.807) is 18.4 Å². The van der Waals surface area contributed by atoms with Gasteiger partial charge in [0.2, 0.25) is 5.88 Å². The molecule has 0 atom stereocenters. The predicted molar refractivity (Wildman–Crippen MR) is 110 cm³/mol. The third kappa shape index (κ3) is 6.50. The van der Waals surface area contributed by atoms with E-state index in [-0.39, 0.29) is 0 Å². The number of hydrogen-bond acceptors (Lipinski definition) is 5. The maximum atomic E-state index is 5.98. The zero-order valence-corrected chi connectivity index (χ0v) is 17.0. The molecule has 1 fully saturated rings. The van der Waals surface area contributed by atoms with Crippen LogP contribution in [0.1, 0.15) is 48.4 Å². The molecule has 0 aliphatic heterocycles. The second kappa shape index (κ2) is 10.3. The van der Waals surface area contributed by atoms with E-state index < -0.39 is 0 Å². The quantitative estimate of drug-likeness (QED) is 0.562. The summed E-state index contributed by atoms with van der Waals surface area (Å²) in [5, 5.41) is 9.85. The first kappa shape index (κ1) is 19.6. The number of pyridine rings is 1. The van der Waals surface area contributed by atoms with E-state index in [9.17, 15) is 0 Å². The predicted octanol–water partition coefficient (Wildman–Crippen LogP) is 3.47. The van der Waals surface area contributed by atoms with Gasteiger partial charge < -0.3 is 15.4 Å². The molecule has 7 heteroatoms. The van der Waals surface area contributed by atoms with Crippen molar-refractivity contribution < 1.29 is 4.74 Å². The molecule has 3 rings (SSSR count). The molecule has 1 aliphatic carbocycles. The summed E-state index contributed by atoms with van der Waals surface area (Å²) in [6.07, 6.45) is 9.25. The highest BCUT2D eigenvalue weighted by molar-refractivity contribution is 7.09. The van der Waals surface area contributed by atoms with Crippen molar-refractivity contribution in [1.82, 2.24) is 20.6 Å². The summed E-state index contributed by atoms with van der Waals surface area (Å²) in [5.74, 6) is 1.51. The number of guanidine groups is 1. The fraction of sp³-hybridized carbons (Fsp3) is 0.550. The van der Waals surface area contributed by atoms with Crippen LogP contribution in [0.4, 0.5) is 0 Å². The van der Waals surface area contributed by atoms with E-state index in [0.29, 0.717) is 12.6 Å². The summed E-state index contributed by atoms with van der Waals surface area (Å²) in [6.45, 7) is 3.50. The van der Waals surface area contributed by atoms with Crippen molar-refractivity contribution in [2.75, 3.05) is 13.6 Å². The number of rotatable bonds is 7. The Labute approximate surface area is 165 Å². The van der Waals surface area contributed by atoms with Crippen molar-refractivity contribution >= 4 is 17.3 Å². The first-order valence-electron chi connectivity index (χ1n) is 9.70. The van der Waals surface area contributed by atoms with Crippen molar-refractivity contribution in [2.45, 2.75) is 58.1 Å². The van der Waals surface area contributed by atoms with E-state index in [0.717, 1.165) is 53.9 Å². The van der Waals surface area contributed by atoms with E-state index in [4.69, 9.17) is 4.74 Å². The number of aromatic nitrogens is 2. The maximum absolute atomic E-state index is 5.98. The Morgan fingerprint density at radius 2 is 2.11 bits per heavy atom. The molecular weight excluding hydrogens is 358 g/mol. The van der Waals surface area contributed by atoms with Crippen LogP contribution in [0.3, 0.4) is 0 Å². The minimum absolute atomic E-state index is 0.333. The number of nitrogens with one attached hydrogen (secondary N) is 2. The monoisotopic (exact) mass is 387 g/mol. The summed E-state index contributed by atoms with van der Waals surface area (Å²) in [7, 11) is 1.78. The van der Waals surface area contributed by atoms with Crippen molar-refractivity contribution in [1.29, 1.82) is 0 Å². The molecule has 1 saturated carbocycles. The van der Waals surface area contributed by atoms with Crippen LogP contribution < -0.4 is 15.4 Å². The van der Waals surface area contributed by atoms with Crippen LogP contribution in [0.15, 0.2) is 28.7 Å². The lowest BCUT2D eigenvalue weighted by molar-refractivity contribution is 0.148. The van der Waals surface area contributed by atoms with Gasteiger partial charge in [-0.25, -0.2) is 9.97 Å². The number of ether oxygens (including phenoxy) is 1. The average molecular weight is 388 g/mol. The van der Waals surface area contributed by atoms with E-state index in [1.807, 2.05) is 19.2 Å². The van der Waals surface area contributed by atoms with E-state index in [2.05, 4.69) is 37.0 Å². The summed E-state index contributed by atoms with van der Waals surface area (Å²) in [4.78, 5) is 13.2. The van der Waals surface area contributed by atoms with Crippen LogP contribution in [0, 0.1) is 6.92 Å². The number of thiazole rings is 1. The summed E-state index contributed by atoms with van der Waals surface area (Å²) in [6, 6.07) is 4.02. The summed E-state index contributed by atoms with van der Waals surface area (Å²) in [5.41, 5.74) is 2.22.